The number of nitrogens with zero attached hydrogens (tertiary/aromatic N) is 1. The zero-order valence-corrected chi connectivity index (χ0v) is 11.5. The zero-order chi connectivity index (χ0) is 12.1. The van der Waals surface area contributed by atoms with Gasteiger partial charge in [-0.1, -0.05) is 41.0 Å². The first-order valence-corrected chi connectivity index (χ1v) is 6.20. The lowest BCUT2D eigenvalue weighted by Crippen LogP contribution is -2.42. The molecule has 0 radical (unpaired) electrons. The van der Waals surface area contributed by atoms with Crippen molar-refractivity contribution in [2.24, 2.45) is 17.1 Å². The number of hydrogen-bond donors (Lipinski definition) is 1. The van der Waals surface area contributed by atoms with Crippen molar-refractivity contribution in [3.63, 3.8) is 0 Å². The van der Waals surface area contributed by atoms with Crippen molar-refractivity contribution < 1.29 is 0 Å². The lowest BCUT2D eigenvalue weighted by Gasteiger charge is -2.33. The van der Waals surface area contributed by atoms with Gasteiger partial charge in [-0.25, -0.2) is 0 Å². The number of rotatable bonds is 6. The van der Waals surface area contributed by atoms with Crippen LogP contribution < -0.4 is 5.73 Å². The maximum Gasteiger partial charge on any atom is 0.0220 e. The summed E-state index contributed by atoms with van der Waals surface area (Å²) in [5.41, 5.74) is 6.23. The van der Waals surface area contributed by atoms with Crippen molar-refractivity contribution in [2.45, 2.75) is 53.5 Å². The first-order valence-electron chi connectivity index (χ1n) is 6.20. The Kier molecular flexibility index (Phi) is 6.46. The summed E-state index contributed by atoms with van der Waals surface area (Å²) in [4.78, 5) is 2.43. The zero-order valence-electron chi connectivity index (χ0n) is 11.5. The van der Waals surface area contributed by atoms with Crippen molar-refractivity contribution in [3.8, 4) is 0 Å². The number of likely N-dealkylation sites (N-methyl/N-ethyl adjacent to an activating group) is 1. The van der Waals surface area contributed by atoms with Crippen molar-refractivity contribution >= 4 is 0 Å². The highest BCUT2D eigenvalue weighted by Crippen LogP contribution is 2.23. The maximum absolute atomic E-state index is 5.86. The van der Waals surface area contributed by atoms with Gasteiger partial charge in [0.25, 0.3) is 0 Å². The van der Waals surface area contributed by atoms with Gasteiger partial charge in [-0.15, -0.1) is 0 Å². The van der Waals surface area contributed by atoms with E-state index in [4.69, 9.17) is 5.73 Å². The van der Waals surface area contributed by atoms with E-state index in [1.807, 2.05) is 0 Å². The summed E-state index contributed by atoms with van der Waals surface area (Å²) < 4.78 is 0. The van der Waals surface area contributed by atoms with E-state index in [1.54, 1.807) is 0 Å². The SMILES string of the molecule is CCC(C)CN(C)C(CN)CC(C)(C)C. The molecule has 0 saturated carbocycles. The summed E-state index contributed by atoms with van der Waals surface area (Å²) in [5.74, 6) is 0.768. The lowest BCUT2D eigenvalue weighted by atomic mass is 9.87. The van der Waals surface area contributed by atoms with Crippen LogP contribution in [-0.4, -0.2) is 31.1 Å². The van der Waals surface area contributed by atoms with E-state index < -0.39 is 0 Å². The molecule has 0 aromatic heterocycles. The van der Waals surface area contributed by atoms with Gasteiger partial charge in [0, 0.05) is 19.1 Å². The van der Waals surface area contributed by atoms with E-state index in [0.29, 0.717) is 11.5 Å². The Hall–Kier alpha value is -0.0800. The molecule has 0 saturated heterocycles. The smallest absolute Gasteiger partial charge is 0.0220 e. The molecule has 0 aliphatic carbocycles. The fraction of sp³-hybridized carbons (Fsp3) is 1.00. The minimum absolute atomic E-state index is 0.369. The number of hydrogen-bond acceptors (Lipinski definition) is 2. The molecule has 0 rings (SSSR count). The molecule has 0 aliphatic heterocycles. The molecule has 2 heteroatoms. The van der Waals surface area contributed by atoms with E-state index in [9.17, 15) is 0 Å². The average molecular weight is 214 g/mol. The summed E-state index contributed by atoms with van der Waals surface area (Å²) in [6.45, 7) is 13.3. The Morgan fingerprint density at radius 1 is 1.27 bits per heavy atom. The van der Waals surface area contributed by atoms with Gasteiger partial charge in [-0.2, -0.15) is 0 Å². The number of nitrogens with two attached hydrogens (primary N) is 1. The van der Waals surface area contributed by atoms with Gasteiger partial charge in [-0.05, 0) is 24.8 Å². The van der Waals surface area contributed by atoms with E-state index >= 15 is 0 Å². The normalized spacial score (nSPS) is 16.8. The molecule has 2 atom stereocenters. The van der Waals surface area contributed by atoms with Crippen molar-refractivity contribution in [2.75, 3.05) is 20.1 Å². The van der Waals surface area contributed by atoms with Crippen LogP contribution in [0.1, 0.15) is 47.5 Å². The van der Waals surface area contributed by atoms with Gasteiger partial charge in [0.1, 0.15) is 0 Å². The molecular weight excluding hydrogens is 184 g/mol. The second-order valence-corrected chi connectivity index (χ2v) is 6.11. The van der Waals surface area contributed by atoms with Crippen molar-refractivity contribution in [1.29, 1.82) is 0 Å². The molecule has 0 aromatic rings. The standard InChI is InChI=1S/C13H30N2/c1-7-11(2)10-15(6)12(9-14)8-13(3,4)5/h11-12H,7-10,14H2,1-6H3. The van der Waals surface area contributed by atoms with Gasteiger partial charge < -0.3 is 10.6 Å². The third-order valence-electron chi connectivity index (χ3n) is 3.04. The van der Waals surface area contributed by atoms with Crippen molar-refractivity contribution in [1.82, 2.24) is 4.90 Å². The molecule has 0 bridgehead atoms. The summed E-state index contributed by atoms with van der Waals surface area (Å²) in [6.07, 6.45) is 2.42. The molecule has 0 fully saturated rings. The molecule has 0 amide bonds. The summed E-state index contributed by atoms with van der Waals surface area (Å²) in [5, 5.41) is 0. The molecule has 2 nitrogen and oxygen atoms in total. The highest BCUT2D eigenvalue weighted by atomic mass is 15.1. The van der Waals surface area contributed by atoms with Gasteiger partial charge in [0.15, 0.2) is 0 Å². The van der Waals surface area contributed by atoms with Gasteiger partial charge in [0.2, 0.25) is 0 Å². The Morgan fingerprint density at radius 3 is 2.13 bits per heavy atom. The molecule has 0 aromatic carbocycles. The monoisotopic (exact) mass is 214 g/mol. The fourth-order valence-corrected chi connectivity index (χ4v) is 1.90. The Labute approximate surface area is 96.2 Å². The highest BCUT2D eigenvalue weighted by Gasteiger charge is 2.21. The van der Waals surface area contributed by atoms with Crippen LogP contribution in [0.4, 0.5) is 0 Å². The molecule has 15 heavy (non-hydrogen) atoms. The van der Waals surface area contributed by atoms with E-state index in [1.165, 1.54) is 12.8 Å². The quantitative estimate of drug-likeness (QED) is 0.736. The van der Waals surface area contributed by atoms with Crippen LogP contribution in [0.2, 0.25) is 0 Å². The second kappa shape index (κ2) is 6.49. The Morgan fingerprint density at radius 2 is 1.80 bits per heavy atom. The molecule has 0 heterocycles. The minimum atomic E-state index is 0.369. The third kappa shape index (κ3) is 6.91. The van der Waals surface area contributed by atoms with Crippen LogP contribution in [0, 0.1) is 11.3 Å². The molecular formula is C13H30N2. The van der Waals surface area contributed by atoms with E-state index in [0.717, 1.165) is 19.0 Å². The van der Waals surface area contributed by atoms with Gasteiger partial charge in [0.05, 0.1) is 0 Å². The van der Waals surface area contributed by atoms with Gasteiger partial charge in [-0.3, -0.25) is 0 Å². The maximum atomic E-state index is 5.86. The van der Waals surface area contributed by atoms with Crippen molar-refractivity contribution in [3.05, 3.63) is 0 Å². The van der Waals surface area contributed by atoms with Crippen LogP contribution in [0.3, 0.4) is 0 Å². The molecule has 2 unspecified atom stereocenters. The molecule has 0 spiro atoms. The minimum Gasteiger partial charge on any atom is -0.329 e. The predicted octanol–water partition coefficient (Wildman–Crippen LogP) is 2.73. The molecule has 92 valence electrons. The van der Waals surface area contributed by atoms with Crippen LogP contribution in [0.15, 0.2) is 0 Å². The Balaban J connectivity index is 4.16. The summed E-state index contributed by atoms with van der Waals surface area (Å²) in [7, 11) is 2.20. The van der Waals surface area contributed by atoms with Gasteiger partial charge >= 0.3 is 0 Å². The highest BCUT2D eigenvalue weighted by molar-refractivity contribution is 4.77. The predicted molar refractivity (Wildman–Crippen MR) is 69.0 cm³/mol. The topological polar surface area (TPSA) is 29.3 Å². The van der Waals surface area contributed by atoms with Crippen LogP contribution in [0.25, 0.3) is 0 Å². The van der Waals surface area contributed by atoms with Crippen LogP contribution in [0.5, 0.6) is 0 Å². The third-order valence-corrected chi connectivity index (χ3v) is 3.04. The Bertz CT molecular complexity index is 160. The van der Waals surface area contributed by atoms with Crippen LogP contribution >= 0.6 is 0 Å². The van der Waals surface area contributed by atoms with E-state index in [2.05, 4.69) is 46.6 Å². The lowest BCUT2D eigenvalue weighted by molar-refractivity contribution is 0.164. The molecule has 0 aliphatic rings. The molecule has 2 N–H and O–H groups in total. The summed E-state index contributed by atoms with van der Waals surface area (Å²) in [6, 6.07) is 0.527. The van der Waals surface area contributed by atoms with E-state index in [-0.39, 0.29) is 0 Å². The first kappa shape index (κ1) is 14.9. The van der Waals surface area contributed by atoms with Crippen LogP contribution in [-0.2, 0) is 0 Å². The summed E-state index contributed by atoms with van der Waals surface area (Å²) >= 11 is 0. The largest absolute Gasteiger partial charge is 0.329 e. The fourth-order valence-electron chi connectivity index (χ4n) is 1.90. The first-order chi connectivity index (χ1) is 6.80. The second-order valence-electron chi connectivity index (χ2n) is 6.11. The average Bonchev–Trinajstić information content (AvgIpc) is 2.12.